The van der Waals surface area contributed by atoms with Crippen molar-refractivity contribution in [2.45, 2.75) is 46.6 Å². The van der Waals surface area contributed by atoms with Gasteiger partial charge < -0.3 is 4.74 Å². The van der Waals surface area contributed by atoms with E-state index in [4.69, 9.17) is 11.3 Å². The van der Waals surface area contributed by atoms with E-state index >= 15 is 0 Å². The van der Waals surface area contributed by atoms with E-state index in [0.717, 1.165) is 6.42 Å². The molecule has 1 heterocycles. The van der Waals surface area contributed by atoms with Crippen molar-refractivity contribution >= 4 is 5.97 Å². The van der Waals surface area contributed by atoms with Crippen molar-refractivity contribution in [3.63, 3.8) is 0 Å². The SMILES string of the molecule is [CH]=C1C(CC(C)(C)C)C(=O)OC1(C)C. The summed E-state index contributed by atoms with van der Waals surface area (Å²) in [5, 5.41) is 0. The van der Waals surface area contributed by atoms with Crippen LogP contribution < -0.4 is 0 Å². The molecule has 0 amide bonds. The summed E-state index contributed by atoms with van der Waals surface area (Å²) >= 11 is 0. The summed E-state index contributed by atoms with van der Waals surface area (Å²) in [7, 11) is 0. The van der Waals surface area contributed by atoms with Crippen LogP contribution >= 0.6 is 0 Å². The molecule has 1 unspecified atom stereocenters. The predicted molar refractivity (Wildman–Crippen MR) is 55.5 cm³/mol. The summed E-state index contributed by atoms with van der Waals surface area (Å²) in [4.78, 5) is 11.6. The Bertz CT molecular complexity index is 269. The van der Waals surface area contributed by atoms with Gasteiger partial charge in [0.2, 0.25) is 0 Å². The Morgan fingerprint density at radius 3 is 2.21 bits per heavy atom. The van der Waals surface area contributed by atoms with Crippen LogP contribution in [0.1, 0.15) is 41.0 Å². The van der Waals surface area contributed by atoms with Crippen LogP contribution in [0.3, 0.4) is 0 Å². The highest BCUT2D eigenvalue weighted by molar-refractivity contribution is 5.80. The van der Waals surface area contributed by atoms with Gasteiger partial charge in [0, 0.05) is 0 Å². The van der Waals surface area contributed by atoms with Gasteiger partial charge in [0.25, 0.3) is 0 Å². The summed E-state index contributed by atoms with van der Waals surface area (Å²) in [6.45, 7) is 15.9. The summed E-state index contributed by atoms with van der Waals surface area (Å²) in [6.07, 6.45) is 0.751. The average Bonchev–Trinajstić information content (AvgIpc) is 2.10. The third-order valence-corrected chi connectivity index (χ3v) is 2.53. The standard InChI is InChI=1S/C12H19O2/c1-8-9(7-11(2,3)4)10(13)14-12(8,5)6/h1,9H,7H2,2-6H3. The maximum Gasteiger partial charge on any atom is 0.314 e. The van der Waals surface area contributed by atoms with Gasteiger partial charge in [-0.05, 0) is 31.3 Å². The fraction of sp³-hybridized carbons (Fsp3) is 0.750. The van der Waals surface area contributed by atoms with Gasteiger partial charge in [-0.1, -0.05) is 27.4 Å². The highest BCUT2D eigenvalue weighted by atomic mass is 16.6. The topological polar surface area (TPSA) is 26.3 Å². The number of carbonyl (C=O) groups excluding carboxylic acids is 1. The van der Waals surface area contributed by atoms with Crippen LogP contribution in [-0.4, -0.2) is 11.6 Å². The van der Waals surface area contributed by atoms with Crippen LogP contribution in [0.2, 0.25) is 0 Å². The highest BCUT2D eigenvalue weighted by Gasteiger charge is 2.45. The Hall–Kier alpha value is -0.790. The van der Waals surface area contributed by atoms with Crippen molar-refractivity contribution in [3.05, 3.63) is 12.2 Å². The number of hydrogen-bond acceptors (Lipinski definition) is 2. The van der Waals surface area contributed by atoms with Gasteiger partial charge >= 0.3 is 5.97 Å². The van der Waals surface area contributed by atoms with Gasteiger partial charge in [-0.25, -0.2) is 0 Å². The zero-order valence-electron chi connectivity index (χ0n) is 9.68. The first-order valence-electron chi connectivity index (χ1n) is 4.99. The second-order valence-electron chi connectivity index (χ2n) is 5.70. The number of rotatable bonds is 1. The minimum atomic E-state index is -0.590. The van der Waals surface area contributed by atoms with Gasteiger partial charge in [0.1, 0.15) is 5.60 Å². The summed E-state index contributed by atoms with van der Waals surface area (Å²) in [6, 6.07) is 0. The minimum absolute atomic E-state index is 0.0920. The monoisotopic (exact) mass is 195 g/mol. The van der Waals surface area contributed by atoms with Crippen LogP contribution in [0, 0.1) is 17.9 Å². The van der Waals surface area contributed by atoms with Gasteiger partial charge in [0.15, 0.2) is 0 Å². The van der Waals surface area contributed by atoms with Gasteiger partial charge in [-0.15, -0.1) is 0 Å². The summed E-state index contributed by atoms with van der Waals surface area (Å²) in [5.41, 5.74) is 0.166. The second-order valence-corrected chi connectivity index (χ2v) is 5.70. The molecule has 1 fully saturated rings. The quantitative estimate of drug-likeness (QED) is 0.601. The second kappa shape index (κ2) is 3.11. The van der Waals surface area contributed by atoms with Crippen LogP contribution in [0.5, 0.6) is 0 Å². The minimum Gasteiger partial charge on any atom is -0.455 e. The van der Waals surface area contributed by atoms with E-state index in [1.165, 1.54) is 0 Å². The molecule has 0 aromatic rings. The summed E-state index contributed by atoms with van der Waals surface area (Å²) < 4.78 is 5.22. The normalized spacial score (nSPS) is 26.5. The van der Waals surface area contributed by atoms with Crippen molar-refractivity contribution in [2.75, 3.05) is 0 Å². The molecule has 1 rings (SSSR count). The van der Waals surface area contributed by atoms with Crippen molar-refractivity contribution < 1.29 is 9.53 Å². The van der Waals surface area contributed by atoms with Crippen molar-refractivity contribution in [2.24, 2.45) is 11.3 Å². The van der Waals surface area contributed by atoms with E-state index in [2.05, 4.69) is 20.8 Å². The third kappa shape index (κ3) is 2.17. The van der Waals surface area contributed by atoms with E-state index < -0.39 is 5.60 Å². The zero-order valence-corrected chi connectivity index (χ0v) is 9.68. The van der Waals surface area contributed by atoms with Crippen molar-refractivity contribution in [1.82, 2.24) is 0 Å². The van der Waals surface area contributed by atoms with E-state index in [1.54, 1.807) is 0 Å². The van der Waals surface area contributed by atoms with E-state index in [1.807, 2.05) is 13.8 Å². The molecule has 0 aromatic carbocycles. The first-order chi connectivity index (χ1) is 6.13. The van der Waals surface area contributed by atoms with Crippen LogP contribution in [0.25, 0.3) is 0 Å². The maximum absolute atomic E-state index is 11.6. The Morgan fingerprint density at radius 1 is 1.43 bits per heavy atom. The van der Waals surface area contributed by atoms with Gasteiger partial charge in [0.05, 0.1) is 5.92 Å². The Labute approximate surface area is 86.3 Å². The lowest BCUT2D eigenvalue weighted by Gasteiger charge is -2.22. The molecule has 1 aliphatic rings. The Morgan fingerprint density at radius 2 is 1.93 bits per heavy atom. The number of carbonyl (C=O) groups is 1. The van der Waals surface area contributed by atoms with Crippen LogP contribution in [-0.2, 0) is 9.53 Å². The lowest BCUT2D eigenvalue weighted by molar-refractivity contribution is -0.148. The Kier molecular flexibility index (Phi) is 2.51. The molecule has 0 aromatic heterocycles. The summed E-state index contributed by atoms with van der Waals surface area (Å²) in [5.74, 6) is -0.410. The van der Waals surface area contributed by atoms with Gasteiger partial charge in [-0.2, -0.15) is 0 Å². The Balaban J connectivity index is 2.82. The molecule has 1 radical (unpaired) electrons. The van der Waals surface area contributed by atoms with Crippen molar-refractivity contribution in [3.8, 4) is 0 Å². The molecule has 79 valence electrons. The van der Waals surface area contributed by atoms with E-state index in [0.29, 0.717) is 5.57 Å². The molecule has 0 saturated carbocycles. The third-order valence-electron chi connectivity index (χ3n) is 2.53. The molecule has 2 nitrogen and oxygen atoms in total. The molecule has 0 spiro atoms. The molecule has 0 aliphatic carbocycles. The number of cyclic esters (lactones) is 1. The molecule has 1 saturated heterocycles. The first kappa shape index (κ1) is 11.3. The number of ether oxygens (including phenoxy) is 1. The number of esters is 1. The van der Waals surface area contributed by atoms with Crippen LogP contribution in [0.4, 0.5) is 0 Å². The first-order valence-corrected chi connectivity index (χ1v) is 4.99. The molecule has 0 bridgehead atoms. The smallest absolute Gasteiger partial charge is 0.314 e. The lowest BCUT2D eigenvalue weighted by Crippen LogP contribution is -2.21. The zero-order chi connectivity index (χ0) is 11.1. The maximum atomic E-state index is 11.6. The highest BCUT2D eigenvalue weighted by Crippen LogP contribution is 2.40. The molecule has 2 heteroatoms. The fourth-order valence-corrected chi connectivity index (χ4v) is 1.73. The fourth-order valence-electron chi connectivity index (χ4n) is 1.73. The largest absolute Gasteiger partial charge is 0.455 e. The van der Waals surface area contributed by atoms with Crippen molar-refractivity contribution in [1.29, 1.82) is 0 Å². The van der Waals surface area contributed by atoms with E-state index in [-0.39, 0.29) is 17.3 Å². The molecular weight excluding hydrogens is 176 g/mol. The van der Waals surface area contributed by atoms with Crippen LogP contribution in [0.15, 0.2) is 5.57 Å². The molecular formula is C12H19O2. The van der Waals surface area contributed by atoms with Gasteiger partial charge in [-0.3, -0.25) is 4.79 Å². The average molecular weight is 195 g/mol. The molecule has 0 N–H and O–H groups in total. The predicted octanol–water partition coefficient (Wildman–Crippen LogP) is 2.73. The lowest BCUT2D eigenvalue weighted by atomic mass is 9.79. The molecule has 1 atom stereocenters. The molecule has 14 heavy (non-hydrogen) atoms. The molecule has 1 aliphatic heterocycles. The number of hydrogen-bond donors (Lipinski definition) is 0. The van der Waals surface area contributed by atoms with E-state index in [9.17, 15) is 4.79 Å².